The molecule has 0 saturated carbocycles. The number of rotatable bonds is 8. The standard InChI is InChI=1S/C19H15F3N6O4/c20-19(21,22)12-6-8-13(9-7-12)25-17-16(28(30)31)18(24-11-23-17)27-26-15(29)10-32-14-4-2-1-3-5-14/h1-9,11H,10H2,(H,26,29)(H2,23,24,25,27). The molecule has 0 aliphatic heterocycles. The van der Waals surface area contributed by atoms with E-state index >= 15 is 0 Å². The van der Waals surface area contributed by atoms with Crippen LogP contribution in [0.2, 0.25) is 0 Å². The molecule has 3 rings (SSSR count). The molecule has 0 unspecified atom stereocenters. The fourth-order valence-corrected chi connectivity index (χ4v) is 2.44. The van der Waals surface area contributed by atoms with Crippen molar-refractivity contribution in [1.82, 2.24) is 15.4 Å². The van der Waals surface area contributed by atoms with E-state index in [0.29, 0.717) is 5.75 Å². The van der Waals surface area contributed by atoms with Gasteiger partial charge in [-0.3, -0.25) is 25.8 Å². The van der Waals surface area contributed by atoms with Crippen LogP contribution in [0, 0.1) is 10.1 Å². The van der Waals surface area contributed by atoms with E-state index in [9.17, 15) is 28.1 Å². The lowest BCUT2D eigenvalue weighted by Crippen LogP contribution is -2.34. The Labute approximate surface area is 178 Å². The van der Waals surface area contributed by atoms with Gasteiger partial charge in [0.05, 0.1) is 10.5 Å². The van der Waals surface area contributed by atoms with Crippen molar-refractivity contribution in [1.29, 1.82) is 0 Å². The molecule has 0 bridgehead atoms. The molecule has 0 fully saturated rings. The number of aromatic nitrogens is 2. The second-order valence-corrected chi connectivity index (χ2v) is 6.15. The van der Waals surface area contributed by atoms with E-state index in [1.165, 1.54) is 0 Å². The first kappa shape index (κ1) is 22.3. The largest absolute Gasteiger partial charge is 0.484 e. The van der Waals surface area contributed by atoms with Crippen LogP contribution in [0.25, 0.3) is 0 Å². The first-order valence-electron chi connectivity index (χ1n) is 8.90. The monoisotopic (exact) mass is 448 g/mol. The molecule has 166 valence electrons. The molecular formula is C19H15F3N6O4. The van der Waals surface area contributed by atoms with Gasteiger partial charge in [0.1, 0.15) is 12.1 Å². The number of hydrazine groups is 1. The van der Waals surface area contributed by atoms with Gasteiger partial charge in [0, 0.05) is 5.69 Å². The number of nitrogens with zero attached hydrogens (tertiary/aromatic N) is 3. The smallest absolute Gasteiger partial charge is 0.416 e. The molecule has 13 heteroatoms. The van der Waals surface area contributed by atoms with Crippen LogP contribution < -0.4 is 20.9 Å². The highest BCUT2D eigenvalue weighted by Gasteiger charge is 2.30. The molecule has 0 saturated heterocycles. The first-order chi connectivity index (χ1) is 15.2. The predicted octanol–water partition coefficient (Wildman–Crippen LogP) is 3.67. The van der Waals surface area contributed by atoms with Crippen molar-refractivity contribution in [3.05, 3.63) is 76.6 Å². The highest BCUT2D eigenvalue weighted by atomic mass is 19.4. The summed E-state index contributed by atoms with van der Waals surface area (Å²) in [6.07, 6.45) is -3.53. The van der Waals surface area contributed by atoms with Gasteiger partial charge in [0.25, 0.3) is 5.91 Å². The van der Waals surface area contributed by atoms with Crippen molar-refractivity contribution in [2.75, 3.05) is 17.3 Å². The number of alkyl halides is 3. The Balaban J connectivity index is 1.69. The van der Waals surface area contributed by atoms with E-state index < -0.39 is 28.3 Å². The molecule has 0 atom stereocenters. The van der Waals surface area contributed by atoms with Gasteiger partial charge in [-0.15, -0.1) is 0 Å². The van der Waals surface area contributed by atoms with E-state index in [0.717, 1.165) is 30.6 Å². The third kappa shape index (κ3) is 5.81. The summed E-state index contributed by atoms with van der Waals surface area (Å²) in [5.41, 5.74) is 3.17. The van der Waals surface area contributed by atoms with E-state index in [1.807, 2.05) is 0 Å². The summed E-state index contributed by atoms with van der Waals surface area (Å²) in [5, 5.41) is 14.1. The number of hydrogen-bond donors (Lipinski definition) is 3. The lowest BCUT2D eigenvalue weighted by Gasteiger charge is -2.12. The van der Waals surface area contributed by atoms with Crippen molar-refractivity contribution in [3.63, 3.8) is 0 Å². The number of para-hydroxylation sites is 1. The molecule has 0 spiro atoms. The minimum Gasteiger partial charge on any atom is -0.484 e. The van der Waals surface area contributed by atoms with E-state index in [-0.39, 0.29) is 23.9 Å². The van der Waals surface area contributed by atoms with Crippen LogP contribution in [0.1, 0.15) is 5.56 Å². The summed E-state index contributed by atoms with van der Waals surface area (Å²) in [4.78, 5) is 30.2. The Morgan fingerprint density at radius 1 is 1.03 bits per heavy atom. The summed E-state index contributed by atoms with van der Waals surface area (Å²) in [6.45, 7) is -0.368. The van der Waals surface area contributed by atoms with Crippen LogP contribution in [-0.2, 0) is 11.0 Å². The normalized spacial score (nSPS) is 10.8. The highest BCUT2D eigenvalue weighted by molar-refractivity contribution is 5.80. The van der Waals surface area contributed by atoms with Crippen LogP contribution in [0.5, 0.6) is 5.75 Å². The Morgan fingerprint density at radius 2 is 1.69 bits per heavy atom. The van der Waals surface area contributed by atoms with Crippen molar-refractivity contribution in [2.24, 2.45) is 0 Å². The van der Waals surface area contributed by atoms with Crippen molar-refractivity contribution in [3.8, 4) is 5.75 Å². The van der Waals surface area contributed by atoms with Gasteiger partial charge < -0.3 is 10.1 Å². The fourth-order valence-electron chi connectivity index (χ4n) is 2.44. The molecule has 2 aromatic carbocycles. The molecular weight excluding hydrogens is 433 g/mol. The molecule has 10 nitrogen and oxygen atoms in total. The van der Waals surface area contributed by atoms with Crippen LogP contribution in [0.3, 0.4) is 0 Å². The molecule has 0 radical (unpaired) electrons. The topological polar surface area (TPSA) is 131 Å². The van der Waals surface area contributed by atoms with Crippen molar-refractivity contribution >= 4 is 28.9 Å². The van der Waals surface area contributed by atoms with Crippen LogP contribution in [-0.4, -0.2) is 27.4 Å². The number of anilines is 3. The maximum atomic E-state index is 12.7. The summed E-state index contributed by atoms with van der Waals surface area (Å²) >= 11 is 0. The summed E-state index contributed by atoms with van der Waals surface area (Å²) in [7, 11) is 0. The van der Waals surface area contributed by atoms with Crippen molar-refractivity contribution < 1.29 is 27.6 Å². The lowest BCUT2D eigenvalue weighted by molar-refractivity contribution is -0.383. The fraction of sp³-hybridized carbons (Fsp3) is 0.105. The van der Waals surface area contributed by atoms with Gasteiger partial charge in [-0.2, -0.15) is 13.2 Å². The number of nitro groups is 1. The van der Waals surface area contributed by atoms with Crippen LogP contribution in [0.4, 0.5) is 36.2 Å². The summed E-state index contributed by atoms with van der Waals surface area (Å²) in [6, 6.07) is 12.4. The number of ether oxygens (including phenoxy) is 1. The Hall–Kier alpha value is -4.42. The van der Waals surface area contributed by atoms with Gasteiger partial charge in [0.2, 0.25) is 11.6 Å². The zero-order chi connectivity index (χ0) is 23.1. The maximum absolute atomic E-state index is 12.7. The second kappa shape index (κ2) is 9.59. The number of amides is 1. The minimum atomic E-state index is -4.51. The SMILES string of the molecule is O=C(COc1ccccc1)NNc1ncnc(Nc2ccc(C(F)(F)F)cc2)c1[N+](=O)[O-]. The number of carbonyl (C=O) groups excluding carboxylic acids is 1. The molecule has 1 heterocycles. The highest BCUT2D eigenvalue weighted by Crippen LogP contribution is 2.33. The zero-order valence-electron chi connectivity index (χ0n) is 16.1. The predicted molar refractivity (Wildman–Crippen MR) is 107 cm³/mol. The molecule has 1 amide bonds. The van der Waals surface area contributed by atoms with Crippen LogP contribution in [0.15, 0.2) is 60.9 Å². The number of benzene rings is 2. The van der Waals surface area contributed by atoms with E-state index in [4.69, 9.17) is 4.74 Å². The van der Waals surface area contributed by atoms with E-state index in [1.54, 1.807) is 30.3 Å². The van der Waals surface area contributed by atoms with Crippen molar-refractivity contribution in [2.45, 2.75) is 6.18 Å². The summed E-state index contributed by atoms with van der Waals surface area (Å²) < 4.78 is 43.3. The van der Waals surface area contributed by atoms with Gasteiger partial charge in [-0.05, 0) is 36.4 Å². The number of halogens is 3. The van der Waals surface area contributed by atoms with E-state index in [2.05, 4.69) is 26.1 Å². The zero-order valence-corrected chi connectivity index (χ0v) is 16.1. The molecule has 0 aliphatic rings. The van der Waals surface area contributed by atoms with Gasteiger partial charge >= 0.3 is 11.9 Å². The number of hydrogen-bond acceptors (Lipinski definition) is 8. The molecule has 0 aliphatic carbocycles. The Bertz CT molecular complexity index is 1090. The second-order valence-electron chi connectivity index (χ2n) is 6.15. The molecule has 3 N–H and O–H groups in total. The number of carbonyl (C=O) groups is 1. The molecule has 3 aromatic rings. The third-order valence-corrected chi connectivity index (χ3v) is 3.91. The summed E-state index contributed by atoms with van der Waals surface area (Å²) in [5.74, 6) is -0.813. The Kier molecular flexibility index (Phi) is 6.68. The minimum absolute atomic E-state index is 0.131. The van der Waals surface area contributed by atoms with Gasteiger partial charge in [-0.25, -0.2) is 9.97 Å². The molecule has 32 heavy (non-hydrogen) atoms. The lowest BCUT2D eigenvalue weighted by atomic mass is 10.2. The van der Waals surface area contributed by atoms with Gasteiger partial charge in [0.15, 0.2) is 6.61 Å². The van der Waals surface area contributed by atoms with Crippen LogP contribution >= 0.6 is 0 Å². The average molecular weight is 448 g/mol. The number of nitrogens with one attached hydrogen (secondary N) is 3. The average Bonchev–Trinajstić information content (AvgIpc) is 2.76. The van der Waals surface area contributed by atoms with Gasteiger partial charge in [-0.1, -0.05) is 18.2 Å². The Morgan fingerprint density at radius 3 is 2.31 bits per heavy atom. The first-order valence-corrected chi connectivity index (χ1v) is 8.90. The maximum Gasteiger partial charge on any atom is 0.416 e. The molecule has 1 aromatic heterocycles. The quantitative estimate of drug-likeness (QED) is 0.351. The third-order valence-electron chi connectivity index (χ3n) is 3.91.